The van der Waals surface area contributed by atoms with Gasteiger partial charge >= 0.3 is 5.76 Å². The van der Waals surface area contributed by atoms with E-state index < -0.39 is 5.76 Å². The Morgan fingerprint density at radius 1 is 1.08 bits per heavy atom. The Morgan fingerprint density at radius 3 is 2.54 bits per heavy atom. The summed E-state index contributed by atoms with van der Waals surface area (Å²) in [6, 6.07) is 9.78. The van der Waals surface area contributed by atoms with Gasteiger partial charge in [-0.2, -0.15) is 0 Å². The van der Waals surface area contributed by atoms with Gasteiger partial charge < -0.3 is 14.2 Å². The third-order valence-corrected chi connectivity index (χ3v) is 7.19. The van der Waals surface area contributed by atoms with Crippen molar-refractivity contribution in [1.82, 2.24) is 28.8 Å². The molecule has 0 aliphatic carbocycles. The molecule has 0 unspecified atom stereocenters. The van der Waals surface area contributed by atoms with Crippen LogP contribution < -0.4 is 10.7 Å². The molecule has 5 heterocycles. The molecule has 186 valence electrons. The Labute approximate surface area is 213 Å². The molecule has 1 saturated heterocycles. The molecule has 10 nitrogen and oxygen atoms in total. The minimum Gasteiger partial charge on any atom is -0.406 e. The zero-order valence-corrected chi connectivity index (χ0v) is 20.9. The lowest BCUT2D eigenvalue weighted by Gasteiger charge is -2.36. The second-order valence-corrected chi connectivity index (χ2v) is 9.57. The van der Waals surface area contributed by atoms with Gasteiger partial charge in [-0.15, -0.1) is 0 Å². The summed E-state index contributed by atoms with van der Waals surface area (Å²) in [6.45, 7) is 9.11. The first-order valence-electron chi connectivity index (χ1n) is 12.2. The van der Waals surface area contributed by atoms with Gasteiger partial charge in [-0.25, -0.2) is 24.6 Å². The minimum atomic E-state index is -0.463. The molecular formula is C27H26N8O2. The summed E-state index contributed by atoms with van der Waals surface area (Å²) in [6.07, 6.45) is 7.53. The number of hydrogen-bond acceptors (Lipinski definition) is 7. The summed E-state index contributed by atoms with van der Waals surface area (Å²) in [4.78, 5) is 34.7. The van der Waals surface area contributed by atoms with Gasteiger partial charge in [0.25, 0.3) is 0 Å². The monoisotopic (exact) mass is 494 g/mol. The third kappa shape index (κ3) is 3.84. The highest BCUT2D eigenvalue weighted by Gasteiger charge is 2.26. The number of imidazole rings is 1. The van der Waals surface area contributed by atoms with Gasteiger partial charge in [0.15, 0.2) is 16.9 Å². The molecule has 0 N–H and O–H groups in total. The van der Waals surface area contributed by atoms with E-state index in [1.165, 1.54) is 4.57 Å². The van der Waals surface area contributed by atoms with Crippen molar-refractivity contribution in [2.24, 2.45) is 7.05 Å². The average Bonchev–Trinajstić information content (AvgIpc) is 3.52. The predicted molar refractivity (Wildman–Crippen MR) is 142 cm³/mol. The van der Waals surface area contributed by atoms with Gasteiger partial charge in [-0.1, -0.05) is 24.3 Å². The molecular weight excluding hydrogens is 468 g/mol. The van der Waals surface area contributed by atoms with E-state index in [9.17, 15) is 4.79 Å². The topological polar surface area (TPSA) is 89.1 Å². The second-order valence-electron chi connectivity index (χ2n) is 9.57. The Bertz CT molecular complexity index is 1710. The molecule has 0 spiro atoms. The van der Waals surface area contributed by atoms with Crippen LogP contribution in [0.1, 0.15) is 12.8 Å². The number of nitrogens with zero attached hydrogens (tertiary/aromatic N) is 8. The average molecular weight is 495 g/mol. The van der Waals surface area contributed by atoms with Gasteiger partial charge in [-0.05, 0) is 38.6 Å². The number of benzene rings is 1. The zero-order valence-electron chi connectivity index (χ0n) is 20.9. The van der Waals surface area contributed by atoms with Crippen molar-refractivity contribution in [3.8, 4) is 22.4 Å². The van der Waals surface area contributed by atoms with Crippen LogP contribution in [-0.4, -0.2) is 62.0 Å². The van der Waals surface area contributed by atoms with Crippen LogP contribution in [0.4, 0.5) is 11.6 Å². The fourth-order valence-electron chi connectivity index (χ4n) is 5.09. The van der Waals surface area contributed by atoms with Crippen molar-refractivity contribution < 1.29 is 4.42 Å². The molecule has 0 atom stereocenters. The zero-order chi connectivity index (χ0) is 25.7. The van der Waals surface area contributed by atoms with Crippen LogP contribution in [0, 0.1) is 6.57 Å². The Kier molecular flexibility index (Phi) is 5.50. The lowest BCUT2D eigenvalue weighted by atomic mass is 10.0. The van der Waals surface area contributed by atoms with Gasteiger partial charge in [0, 0.05) is 50.3 Å². The predicted octanol–water partition coefficient (Wildman–Crippen LogP) is 3.98. The van der Waals surface area contributed by atoms with Crippen LogP contribution in [0.3, 0.4) is 0 Å². The molecule has 0 saturated carbocycles. The normalized spacial score (nSPS) is 14.6. The third-order valence-electron chi connectivity index (χ3n) is 7.19. The molecule has 4 aromatic heterocycles. The standard InChI is InChI=1S/C27H26N8O2/c1-28-19-7-5-17(6-8-19)23-22(18-15-21-24(30-16-18)33(4)27(36)37-21)25-29-11-14-35(25)26(31-23)34-12-9-20(10-13-34)32(2)3/h5-8,11,14-16,20H,9-10,12-13H2,2-4H3. The van der Waals surface area contributed by atoms with Gasteiger partial charge in [0.2, 0.25) is 5.95 Å². The highest BCUT2D eigenvalue weighted by Crippen LogP contribution is 2.37. The van der Waals surface area contributed by atoms with E-state index in [1.54, 1.807) is 31.6 Å². The maximum atomic E-state index is 12.1. The molecule has 6 rings (SSSR count). The number of hydrogen-bond donors (Lipinski definition) is 0. The van der Waals surface area contributed by atoms with E-state index in [-0.39, 0.29) is 0 Å². The van der Waals surface area contributed by atoms with Crippen LogP contribution >= 0.6 is 0 Å². The largest absolute Gasteiger partial charge is 0.420 e. The number of oxazole rings is 1. The van der Waals surface area contributed by atoms with Crippen LogP contribution in [0.5, 0.6) is 0 Å². The first-order chi connectivity index (χ1) is 17.9. The van der Waals surface area contributed by atoms with E-state index in [0.29, 0.717) is 23.0 Å². The molecule has 1 aromatic carbocycles. The van der Waals surface area contributed by atoms with Crippen LogP contribution in [0.2, 0.25) is 0 Å². The van der Waals surface area contributed by atoms with E-state index in [0.717, 1.165) is 59.9 Å². The van der Waals surface area contributed by atoms with E-state index in [2.05, 4.69) is 33.7 Å². The van der Waals surface area contributed by atoms with Crippen LogP contribution in [0.15, 0.2) is 58.1 Å². The number of aryl methyl sites for hydroxylation is 1. The SMILES string of the molecule is [C-]#[N+]c1ccc(-c2nc(N3CCC(N(C)C)CC3)n3ccnc3c2-c2cnc3c(c2)oc(=O)n3C)cc1. The second kappa shape index (κ2) is 8.87. The first-order valence-corrected chi connectivity index (χ1v) is 12.2. The van der Waals surface area contributed by atoms with Crippen molar-refractivity contribution in [3.63, 3.8) is 0 Å². The fourth-order valence-corrected chi connectivity index (χ4v) is 5.09. The van der Waals surface area contributed by atoms with Crippen molar-refractivity contribution in [2.75, 3.05) is 32.1 Å². The summed E-state index contributed by atoms with van der Waals surface area (Å²) in [5.74, 6) is 0.369. The van der Waals surface area contributed by atoms with Gasteiger partial charge in [0.1, 0.15) is 5.65 Å². The lowest BCUT2D eigenvalue weighted by molar-refractivity contribution is 0.249. The van der Waals surface area contributed by atoms with Crippen LogP contribution in [-0.2, 0) is 7.05 Å². The maximum Gasteiger partial charge on any atom is 0.420 e. The Hall–Kier alpha value is -4.49. The summed E-state index contributed by atoms with van der Waals surface area (Å²) in [7, 11) is 5.89. The Morgan fingerprint density at radius 2 is 1.84 bits per heavy atom. The highest BCUT2D eigenvalue weighted by molar-refractivity contribution is 5.93. The number of rotatable bonds is 4. The molecule has 0 radical (unpaired) electrons. The number of fused-ring (bicyclic) bond motifs is 2. The van der Waals surface area contributed by atoms with Crippen molar-refractivity contribution in [3.05, 3.63) is 70.9 Å². The van der Waals surface area contributed by atoms with Crippen LogP contribution in [0.25, 0.3) is 44.1 Å². The molecule has 1 aliphatic rings. The van der Waals surface area contributed by atoms with E-state index in [1.807, 2.05) is 28.8 Å². The smallest absolute Gasteiger partial charge is 0.406 e. The van der Waals surface area contributed by atoms with E-state index in [4.69, 9.17) is 21.0 Å². The number of piperidine rings is 1. The van der Waals surface area contributed by atoms with Gasteiger partial charge in [-0.3, -0.25) is 8.97 Å². The minimum absolute atomic E-state index is 0.402. The Balaban J connectivity index is 1.56. The van der Waals surface area contributed by atoms with Gasteiger partial charge in [0.05, 0.1) is 17.8 Å². The molecule has 1 fully saturated rings. The summed E-state index contributed by atoms with van der Waals surface area (Å²) in [5.41, 5.74) is 5.31. The molecule has 37 heavy (non-hydrogen) atoms. The quantitative estimate of drug-likeness (QED) is 0.349. The number of aromatic nitrogens is 5. The molecule has 10 heteroatoms. The first kappa shape index (κ1) is 22.9. The van der Waals surface area contributed by atoms with Crippen molar-refractivity contribution >= 4 is 28.5 Å². The molecule has 0 amide bonds. The number of anilines is 1. The number of pyridine rings is 1. The lowest BCUT2D eigenvalue weighted by Crippen LogP contribution is -2.43. The van der Waals surface area contributed by atoms with Crippen molar-refractivity contribution in [1.29, 1.82) is 0 Å². The summed E-state index contributed by atoms with van der Waals surface area (Å²) >= 11 is 0. The molecule has 1 aliphatic heterocycles. The molecule has 5 aromatic rings. The summed E-state index contributed by atoms with van der Waals surface area (Å²) in [5, 5.41) is 0. The fraction of sp³-hybridized carbons (Fsp3) is 0.296. The van der Waals surface area contributed by atoms with E-state index >= 15 is 0 Å². The molecule has 0 bridgehead atoms. The van der Waals surface area contributed by atoms with Crippen molar-refractivity contribution in [2.45, 2.75) is 18.9 Å². The summed E-state index contributed by atoms with van der Waals surface area (Å²) < 4.78 is 8.83. The highest BCUT2D eigenvalue weighted by atomic mass is 16.4. The maximum absolute atomic E-state index is 12.1.